The van der Waals surface area contributed by atoms with Gasteiger partial charge in [0.1, 0.15) is 0 Å². The molecule has 3 atom stereocenters. The summed E-state index contributed by atoms with van der Waals surface area (Å²) in [7, 11) is 2.13. The van der Waals surface area contributed by atoms with Gasteiger partial charge in [-0.1, -0.05) is 23.7 Å². The van der Waals surface area contributed by atoms with Crippen LogP contribution in [0.1, 0.15) is 62.5 Å². The van der Waals surface area contributed by atoms with Crippen molar-refractivity contribution in [2.45, 2.75) is 57.3 Å². The van der Waals surface area contributed by atoms with Gasteiger partial charge in [0.2, 0.25) is 0 Å². The largest absolute Gasteiger partial charge is 0.376 e. The van der Waals surface area contributed by atoms with Crippen LogP contribution in [0.15, 0.2) is 42.6 Å². The standard InChI is InChI=1S/C26H31ClN4OS/c1-16-14-26(2,3)30(4)22-13-20(27)19(12-18(16)22)24-23(21-9-5-6-10-28-21)29-25(33)31(24)15-17-8-7-11-32-17/h5-6,9-10,12-14,17,23-24H,7-8,11,15H2,1-4H3,(H,29,33)/t17-,23+,24+/m0/s1. The van der Waals surface area contributed by atoms with Crippen LogP contribution in [0.3, 0.4) is 0 Å². The van der Waals surface area contributed by atoms with Crippen LogP contribution in [0.25, 0.3) is 5.57 Å². The molecule has 3 aliphatic rings. The Bertz CT molecular complexity index is 1100. The predicted molar refractivity (Wildman–Crippen MR) is 139 cm³/mol. The Kier molecular flexibility index (Phi) is 5.88. The van der Waals surface area contributed by atoms with Crippen molar-refractivity contribution in [3.05, 3.63) is 64.4 Å². The number of benzene rings is 1. The summed E-state index contributed by atoms with van der Waals surface area (Å²) in [6, 6.07) is 10.2. The highest BCUT2D eigenvalue weighted by Gasteiger charge is 2.42. The number of thiocarbonyl (C=S) groups is 1. The van der Waals surface area contributed by atoms with Crippen molar-refractivity contribution >= 4 is 40.2 Å². The van der Waals surface area contributed by atoms with Crippen molar-refractivity contribution in [1.29, 1.82) is 0 Å². The summed E-state index contributed by atoms with van der Waals surface area (Å²) in [5, 5.41) is 5.02. The van der Waals surface area contributed by atoms with Gasteiger partial charge in [0.05, 0.1) is 29.4 Å². The van der Waals surface area contributed by atoms with Gasteiger partial charge in [0, 0.05) is 42.7 Å². The molecule has 5 nitrogen and oxygen atoms in total. The molecule has 5 rings (SSSR count). The monoisotopic (exact) mass is 482 g/mol. The van der Waals surface area contributed by atoms with E-state index < -0.39 is 0 Å². The third-order valence-electron chi connectivity index (χ3n) is 7.28. The van der Waals surface area contributed by atoms with Gasteiger partial charge >= 0.3 is 0 Å². The molecule has 33 heavy (non-hydrogen) atoms. The highest BCUT2D eigenvalue weighted by molar-refractivity contribution is 7.80. The molecule has 7 heteroatoms. The Labute approximate surface area is 206 Å². The van der Waals surface area contributed by atoms with Gasteiger partial charge in [-0.05, 0) is 81.2 Å². The van der Waals surface area contributed by atoms with Crippen LogP contribution in [-0.4, -0.2) is 46.8 Å². The van der Waals surface area contributed by atoms with Crippen molar-refractivity contribution < 1.29 is 4.74 Å². The van der Waals surface area contributed by atoms with Gasteiger partial charge in [0.15, 0.2) is 5.11 Å². The Hall–Kier alpha value is -2.15. The molecule has 0 saturated carbocycles. The summed E-state index contributed by atoms with van der Waals surface area (Å²) in [5.41, 5.74) is 5.59. The molecule has 2 aromatic rings. The first-order valence-electron chi connectivity index (χ1n) is 11.6. The van der Waals surface area contributed by atoms with Crippen LogP contribution >= 0.6 is 23.8 Å². The minimum atomic E-state index is -0.0855. The lowest BCUT2D eigenvalue weighted by Gasteiger charge is -2.41. The smallest absolute Gasteiger partial charge is 0.170 e. The van der Waals surface area contributed by atoms with E-state index in [2.05, 4.69) is 72.2 Å². The van der Waals surface area contributed by atoms with Gasteiger partial charge in [-0.3, -0.25) is 4.98 Å². The van der Waals surface area contributed by atoms with E-state index in [1.165, 1.54) is 11.1 Å². The van der Waals surface area contributed by atoms with E-state index in [4.69, 9.17) is 28.6 Å². The molecule has 1 aromatic heterocycles. The molecule has 174 valence electrons. The lowest BCUT2D eigenvalue weighted by molar-refractivity contribution is 0.0842. The maximum absolute atomic E-state index is 7.03. The number of hydrogen-bond acceptors (Lipinski definition) is 4. The number of halogens is 1. The average molecular weight is 483 g/mol. The highest BCUT2D eigenvalue weighted by atomic mass is 35.5. The average Bonchev–Trinajstić information content (AvgIpc) is 3.41. The van der Waals surface area contributed by atoms with Gasteiger partial charge in [-0.2, -0.15) is 0 Å². The summed E-state index contributed by atoms with van der Waals surface area (Å²) in [6.45, 7) is 8.19. The Morgan fingerprint density at radius 1 is 1.30 bits per heavy atom. The van der Waals surface area contributed by atoms with Crippen LogP contribution in [0.4, 0.5) is 5.69 Å². The van der Waals surface area contributed by atoms with E-state index in [0.29, 0.717) is 0 Å². The van der Waals surface area contributed by atoms with Crippen LogP contribution in [0, 0.1) is 0 Å². The molecule has 2 saturated heterocycles. The molecule has 0 unspecified atom stereocenters. The van der Waals surface area contributed by atoms with Crippen molar-refractivity contribution in [2.75, 3.05) is 25.1 Å². The zero-order valence-corrected chi connectivity index (χ0v) is 21.2. The van der Waals surface area contributed by atoms with E-state index in [-0.39, 0.29) is 23.7 Å². The van der Waals surface area contributed by atoms with E-state index in [9.17, 15) is 0 Å². The Morgan fingerprint density at radius 2 is 2.12 bits per heavy atom. The molecule has 0 aliphatic carbocycles. The van der Waals surface area contributed by atoms with E-state index in [1.807, 2.05) is 18.3 Å². The van der Waals surface area contributed by atoms with E-state index in [0.717, 1.165) is 53.1 Å². The van der Waals surface area contributed by atoms with Gasteiger partial charge in [-0.15, -0.1) is 0 Å². The Morgan fingerprint density at radius 3 is 2.82 bits per heavy atom. The van der Waals surface area contributed by atoms with Crippen LogP contribution in [0.5, 0.6) is 0 Å². The SMILES string of the molecule is CC1=CC(C)(C)N(C)c2cc(Cl)c([C@@H]3[C@@H](c4ccccn4)NC(=S)N3C[C@@H]3CCCO3)cc21. The summed E-state index contributed by atoms with van der Waals surface area (Å²) >= 11 is 12.9. The lowest BCUT2D eigenvalue weighted by Crippen LogP contribution is -2.42. The number of likely N-dealkylation sites (N-methyl/N-ethyl adjacent to an activating group) is 1. The lowest BCUT2D eigenvalue weighted by atomic mass is 9.86. The molecular formula is C26H31ClN4OS. The number of allylic oxidation sites excluding steroid dienone is 1. The van der Waals surface area contributed by atoms with Crippen LogP contribution < -0.4 is 10.2 Å². The van der Waals surface area contributed by atoms with Gasteiger partial charge in [0.25, 0.3) is 0 Å². The summed E-state index contributed by atoms with van der Waals surface area (Å²) in [5.74, 6) is 0. The van der Waals surface area contributed by atoms with Crippen LogP contribution in [-0.2, 0) is 4.74 Å². The second-order valence-corrected chi connectivity index (χ2v) is 10.6. The minimum Gasteiger partial charge on any atom is -0.376 e. The molecule has 0 amide bonds. The summed E-state index contributed by atoms with van der Waals surface area (Å²) < 4.78 is 5.97. The number of anilines is 1. The number of pyridine rings is 1. The first kappa shape index (κ1) is 22.6. The fourth-order valence-electron chi connectivity index (χ4n) is 5.36. The normalized spacial score (nSPS) is 26.3. The third kappa shape index (κ3) is 4.02. The maximum Gasteiger partial charge on any atom is 0.170 e. The number of ether oxygens (including phenoxy) is 1. The predicted octanol–water partition coefficient (Wildman–Crippen LogP) is 5.52. The quantitative estimate of drug-likeness (QED) is 0.579. The molecular weight excluding hydrogens is 452 g/mol. The number of aromatic nitrogens is 1. The second-order valence-electron chi connectivity index (χ2n) is 9.84. The number of fused-ring (bicyclic) bond motifs is 1. The number of hydrogen-bond donors (Lipinski definition) is 1. The zero-order chi connectivity index (χ0) is 23.3. The van der Waals surface area contributed by atoms with E-state index >= 15 is 0 Å². The zero-order valence-electron chi connectivity index (χ0n) is 19.6. The number of rotatable bonds is 4. The highest BCUT2D eigenvalue weighted by Crippen LogP contribution is 2.46. The number of nitrogens with one attached hydrogen (secondary N) is 1. The maximum atomic E-state index is 7.03. The second kappa shape index (κ2) is 8.57. The number of nitrogens with zero attached hydrogens (tertiary/aromatic N) is 3. The fraction of sp³-hybridized carbons (Fsp3) is 0.462. The van der Waals surface area contributed by atoms with Crippen molar-refractivity contribution in [2.24, 2.45) is 0 Å². The first-order chi connectivity index (χ1) is 15.8. The van der Waals surface area contributed by atoms with Gasteiger partial charge < -0.3 is 19.9 Å². The van der Waals surface area contributed by atoms with Gasteiger partial charge in [-0.25, -0.2) is 0 Å². The molecule has 0 bridgehead atoms. The van der Waals surface area contributed by atoms with Crippen LogP contribution in [0.2, 0.25) is 5.02 Å². The fourth-order valence-corrected chi connectivity index (χ4v) is 5.95. The summed E-state index contributed by atoms with van der Waals surface area (Å²) in [6.07, 6.45) is 6.49. The molecule has 3 aliphatic heterocycles. The first-order valence-corrected chi connectivity index (χ1v) is 12.4. The third-order valence-corrected chi connectivity index (χ3v) is 7.96. The van der Waals surface area contributed by atoms with Crippen molar-refractivity contribution in [3.63, 3.8) is 0 Å². The van der Waals surface area contributed by atoms with Crippen molar-refractivity contribution in [3.8, 4) is 0 Å². The molecule has 0 spiro atoms. The topological polar surface area (TPSA) is 40.6 Å². The molecule has 2 fully saturated rings. The van der Waals surface area contributed by atoms with Crippen molar-refractivity contribution in [1.82, 2.24) is 15.2 Å². The Balaban J connectivity index is 1.61. The summed E-state index contributed by atoms with van der Waals surface area (Å²) in [4.78, 5) is 9.21. The molecule has 1 N–H and O–H groups in total. The molecule has 1 aromatic carbocycles. The minimum absolute atomic E-state index is 0.0672. The molecule has 4 heterocycles. The van der Waals surface area contributed by atoms with E-state index in [1.54, 1.807) is 0 Å². The molecule has 0 radical (unpaired) electrons.